The highest BCUT2D eigenvalue weighted by Crippen LogP contribution is 2.04. The van der Waals surface area contributed by atoms with E-state index >= 15 is 0 Å². The van der Waals surface area contributed by atoms with Crippen molar-refractivity contribution in [3.05, 3.63) is 0 Å². The fourth-order valence-corrected chi connectivity index (χ4v) is 1.55. The second-order valence-electron chi connectivity index (χ2n) is 4.00. The Morgan fingerprint density at radius 3 is 2.44 bits per heavy atom. The number of methoxy groups -OCH3 is 1. The van der Waals surface area contributed by atoms with E-state index in [0.717, 1.165) is 13.1 Å². The molecular weight excluding hydrogens is 206 g/mol. The van der Waals surface area contributed by atoms with Crippen molar-refractivity contribution in [1.29, 1.82) is 0 Å². The highest BCUT2D eigenvalue weighted by atomic mass is 16.5. The number of carbonyl (C=O) groups excluding carboxylic acids is 1. The number of nitrogens with two attached hydrogens (primary N) is 1. The van der Waals surface area contributed by atoms with Crippen LogP contribution in [0.25, 0.3) is 0 Å². The molecule has 0 saturated heterocycles. The lowest BCUT2D eigenvalue weighted by atomic mass is 10.1. The van der Waals surface area contributed by atoms with Crippen LogP contribution < -0.4 is 5.73 Å². The van der Waals surface area contributed by atoms with Crippen LogP contribution in [0.1, 0.15) is 13.3 Å². The maximum atomic E-state index is 11.6. The summed E-state index contributed by atoms with van der Waals surface area (Å²) >= 11 is 0. The van der Waals surface area contributed by atoms with E-state index in [-0.39, 0.29) is 11.9 Å². The van der Waals surface area contributed by atoms with Crippen molar-refractivity contribution in [2.45, 2.75) is 19.4 Å². The van der Waals surface area contributed by atoms with Crippen LogP contribution in [-0.4, -0.2) is 69.2 Å². The van der Waals surface area contributed by atoms with E-state index in [2.05, 4.69) is 11.8 Å². The average Bonchev–Trinajstić information content (AvgIpc) is 2.27. The Balaban J connectivity index is 4.26. The second-order valence-corrected chi connectivity index (χ2v) is 4.00. The first-order chi connectivity index (χ1) is 7.56. The van der Waals surface area contributed by atoms with Crippen LogP contribution >= 0.6 is 0 Å². The zero-order valence-corrected chi connectivity index (χ0v) is 10.9. The number of likely N-dealkylation sites (N-methyl/N-ethyl adjacent to an activating group) is 1. The molecule has 0 aromatic carbocycles. The van der Waals surface area contributed by atoms with Crippen LogP contribution in [0.2, 0.25) is 0 Å². The largest absolute Gasteiger partial charge is 0.383 e. The third kappa shape index (κ3) is 5.44. The van der Waals surface area contributed by atoms with Crippen LogP contribution in [-0.2, 0) is 9.53 Å². The average molecular weight is 231 g/mol. The van der Waals surface area contributed by atoms with E-state index in [1.54, 1.807) is 26.1 Å². The molecule has 0 aliphatic heterocycles. The Bertz CT molecular complexity index is 198. The van der Waals surface area contributed by atoms with Crippen LogP contribution in [0.4, 0.5) is 0 Å². The van der Waals surface area contributed by atoms with Gasteiger partial charge in [0.25, 0.3) is 0 Å². The minimum atomic E-state index is 0.107. The first kappa shape index (κ1) is 15.3. The van der Waals surface area contributed by atoms with Crippen LogP contribution in [0.5, 0.6) is 0 Å². The molecule has 2 N–H and O–H groups in total. The summed E-state index contributed by atoms with van der Waals surface area (Å²) in [7, 11) is 5.21. The number of hydrogen-bond donors (Lipinski definition) is 1. The molecule has 5 nitrogen and oxygen atoms in total. The van der Waals surface area contributed by atoms with Crippen molar-refractivity contribution in [2.24, 2.45) is 5.73 Å². The molecule has 96 valence electrons. The molecule has 0 bridgehead atoms. The Kier molecular flexibility index (Phi) is 8.15. The number of carbonyl (C=O) groups is 1. The highest BCUT2D eigenvalue weighted by Gasteiger charge is 2.19. The maximum Gasteiger partial charge on any atom is 0.223 e. The summed E-state index contributed by atoms with van der Waals surface area (Å²) in [5.41, 5.74) is 5.72. The van der Waals surface area contributed by atoms with Gasteiger partial charge in [0.2, 0.25) is 5.91 Å². The van der Waals surface area contributed by atoms with Crippen molar-refractivity contribution < 1.29 is 9.53 Å². The van der Waals surface area contributed by atoms with Crippen molar-refractivity contribution >= 4 is 5.91 Å². The summed E-state index contributed by atoms with van der Waals surface area (Å²) in [6.45, 7) is 4.93. The van der Waals surface area contributed by atoms with Crippen molar-refractivity contribution in [3.63, 3.8) is 0 Å². The quantitative estimate of drug-likeness (QED) is 0.626. The summed E-state index contributed by atoms with van der Waals surface area (Å²) in [5.74, 6) is 0.117. The van der Waals surface area contributed by atoms with Gasteiger partial charge in [0.05, 0.1) is 6.61 Å². The number of nitrogens with zero attached hydrogens (tertiary/aromatic N) is 2. The summed E-state index contributed by atoms with van der Waals surface area (Å²) < 4.78 is 5.04. The topological polar surface area (TPSA) is 58.8 Å². The van der Waals surface area contributed by atoms with Gasteiger partial charge in [-0.15, -0.1) is 0 Å². The smallest absolute Gasteiger partial charge is 0.223 e. The highest BCUT2D eigenvalue weighted by molar-refractivity contribution is 5.76. The molecule has 16 heavy (non-hydrogen) atoms. The van der Waals surface area contributed by atoms with Crippen molar-refractivity contribution in [1.82, 2.24) is 9.80 Å². The van der Waals surface area contributed by atoms with Crippen molar-refractivity contribution in [3.8, 4) is 0 Å². The van der Waals surface area contributed by atoms with E-state index in [1.165, 1.54) is 0 Å². The van der Waals surface area contributed by atoms with Gasteiger partial charge in [-0.05, 0) is 6.54 Å². The lowest BCUT2D eigenvalue weighted by molar-refractivity contribution is -0.130. The summed E-state index contributed by atoms with van der Waals surface area (Å²) in [5, 5.41) is 0. The SMILES string of the molecule is CCN(CCOC)C(CN)CC(=O)N(C)C. The number of ether oxygens (including phenoxy) is 1. The Morgan fingerprint density at radius 2 is 2.06 bits per heavy atom. The summed E-state index contributed by atoms with van der Waals surface area (Å²) in [6, 6.07) is 0.107. The molecule has 0 aromatic heterocycles. The van der Waals surface area contributed by atoms with Gasteiger partial charge in [-0.25, -0.2) is 0 Å². The third-order valence-corrected chi connectivity index (χ3v) is 2.69. The van der Waals surface area contributed by atoms with Crippen molar-refractivity contribution in [2.75, 3.05) is 47.4 Å². The molecule has 1 atom stereocenters. The normalized spacial score (nSPS) is 12.9. The van der Waals surface area contributed by atoms with Crippen LogP contribution in [0.15, 0.2) is 0 Å². The number of rotatable bonds is 8. The zero-order valence-electron chi connectivity index (χ0n) is 10.9. The molecule has 0 saturated carbocycles. The Hall–Kier alpha value is -0.650. The molecule has 0 spiro atoms. The lowest BCUT2D eigenvalue weighted by Gasteiger charge is -2.29. The molecule has 0 aliphatic rings. The van der Waals surface area contributed by atoms with Gasteiger partial charge in [-0.1, -0.05) is 6.92 Å². The molecule has 1 amide bonds. The van der Waals surface area contributed by atoms with E-state index in [0.29, 0.717) is 19.6 Å². The van der Waals surface area contributed by atoms with Crippen LogP contribution in [0.3, 0.4) is 0 Å². The van der Waals surface area contributed by atoms with Gasteiger partial charge in [-0.2, -0.15) is 0 Å². The molecular formula is C11H25N3O2. The minimum Gasteiger partial charge on any atom is -0.383 e. The first-order valence-corrected chi connectivity index (χ1v) is 5.70. The fourth-order valence-electron chi connectivity index (χ4n) is 1.55. The monoisotopic (exact) mass is 231 g/mol. The molecule has 1 unspecified atom stereocenters. The van der Waals surface area contributed by atoms with E-state index in [1.807, 2.05) is 0 Å². The Morgan fingerprint density at radius 1 is 1.44 bits per heavy atom. The molecule has 0 rings (SSSR count). The van der Waals surface area contributed by atoms with Crippen LogP contribution in [0, 0.1) is 0 Å². The lowest BCUT2D eigenvalue weighted by Crippen LogP contribution is -2.45. The molecule has 0 aliphatic carbocycles. The minimum absolute atomic E-state index is 0.107. The van der Waals surface area contributed by atoms with Gasteiger partial charge in [0, 0.05) is 46.8 Å². The molecule has 0 heterocycles. The van der Waals surface area contributed by atoms with Gasteiger partial charge in [0.1, 0.15) is 0 Å². The number of hydrogen-bond acceptors (Lipinski definition) is 4. The van der Waals surface area contributed by atoms with Gasteiger partial charge in [-0.3, -0.25) is 9.69 Å². The van der Waals surface area contributed by atoms with E-state index in [9.17, 15) is 4.79 Å². The maximum absolute atomic E-state index is 11.6. The zero-order chi connectivity index (χ0) is 12.6. The predicted octanol–water partition coefficient (Wildman–Crippen LogP) is -0.240. The number of amides is 1. The molecule has 0 radical (unpaired) electrons. The predicted molar refractivity (Wildman–Crippen MR) is 65.3 cm³/mol. The first-order valence-electron chi connectivity index (χ1n) is 5.70. The Labute approximate surface area is 98.5 Å². The van der Waals surface area contributed by atoms with Gasteiger partial charge < -0.3 is 15.4 Å². The molecule has 5 heteroatoms. The summed E-state index contributed by atoms with van der Waals surface area (Å²) in [6.07, 6.45) is 0.473. The second kappa shape index (κ2) is 8.50. The molecule has 0 fully saturated rings. The standard InChI is InChI=1S/C11H25N3O2/c1-5-14(6-7-16-4)10(9-12)8-11(15)13(2)3/h10H,5-9,12H2,1-4H3. The molecule has 0 aromatic rings. The van der Waals surface area contributed by atoms with Gasteiger partial charge >= 0.3 is 0 Å². The third-order valence-electron chi connectivity index (χ3n) is 2.69. The fraction of sp³-hybridized carbons (Fsp3) is 0.909. The van der Waals surface area contributed by atoms with Gasteiger partial charge in [0.15, 0.2) is 0 Å². The summed E-state index contributed by atoms with van der Waals surface area (Å²) in [4.78, 5) is 15.4. The van der Waals surface area contributed by atoms with E-state index in [4.69, 9.17) is 10.5 Å². The van der Waals surface area contributed by atoms with E-state index < -0.39 is 0 Å².